The fourth-order valence-electron chi connectivity index (χ4n) is 0.898. The van der Waals surface area contributed by atoms with E-state index in [2.05, 4.69) is 5.10 Å². The maximum absolute atomic E-state index is 12.3. The van der Waals surface area contributed by atoms with Crippen molar-refractivity contribution >= 4 is 13.9 Å². The zero-order valence-electron chi connectivity index (χ0n) is 6.31. The molecule has 1 heterocycles. The SMILES string of the molecule is CPc1cnn(C)c1C(F)F. The fraction of sp³-hybridized carbons (Fsp3) is 0.500. The molecule has 1 aromatic rings. The molecule has 0 fully saturated rings. The minimum Gasteiger partial charge on any atom is -0.266 e. The molecule has 0 saturated heterocycles. The van der Waals surface area contributed by atoms with Crippen LogP contribution in [0.2, 0.25) is 0 Å². The Morgan fingerprint density at radius 2 is 2.27 bits per heavy atom. The third-order valence-corrected chi connectivity index (χ3v) is 2.38. The van der Waals surface area contributed by atoms with E-state index in [-0.39, 0.29) is 5.69 Å². The highest BCUT2D eigenvalue weighted by molar-refractivity contribution is 7.46. The molecule has 62 valence electrons. The van der Waals surface area contributed by atoms with Crippen molar-refractivity contribution in [1.82, 2.24) is 9.78 Å². The molecule has 5 heteroatoms. The van der Waals surface area contributed by atoms with Crippen LogP contribution < -0.4 is 5.30 Å². The number of hydrogen-bond acceptors (Lipinski definition) is 1. The van der Waals surface area contributed by atoms with Gasteiger partial charge in [0.2, 0.25) is 0 Å². The molecule has 1 aromatic heterocycles. The maximum Gasteiger partial charge on any atom is 0.280 e. The quantitative estimate of drug-likeness (QED) is 0.624. The van der Waals surface area contributed by atoms with Crippen LogP contribution in [0.25, 0.3) is 0 Å². The van der Waals surface area contributed by atoms with Crippen LogP contribution >= 0.6 is 8.58 Å². The lowest BCUT2D eigenvalue weighted by Crippen LogP contribution is -2.06. The van der Waals surface area contributed by atoms with Gasteiger partial charge in [0.15, 0.2) is 0 Å². The monoisotopic (exact) mass is 178 g/mol. The average molecular weight is 178 g/mol. The molecule has 2 nitrogen and oxygen atoms in total. The van der Waals surface area contributed by atoms with E-state index in [0.717, 1.165) is 0 Å². The summed E-state index contributed by atoms with van der Waals surface area (Å²) in [5, 5.41) is 4.41. The van der Waals surface area contributed by atoms with Gasteiger partial charge in [-0.3, -0.25) is 4.68 Å². The minimum atomic E-state index is -2.41. The fourth-order valence-corrected chi connectivity index (χ4v) is 1.61. The number of nitrogens with zero attached hydrogens (tertiary/aromatic N) is 2. The average Bonchev–Trinajstić information content (AvgIpc) is 2.30. The Labute approximate surface area is 65.4 Å². The van der Waals surface area contributed by atoms with E-state index in [1.54, 1.807) is 0 Å². The number of aromatic nitrogens is 2. The van der Waals surface area contributed by atoms with E-state index in [4.69, 9.17) is 0 Å². The van der Waals surface area contributed by atoms with Crippen LogP contribution in [0, 0.1) is 0 Å². The molecule has 1 atom stereocenters. The van der Waals surface area contributed by atoms with Crippen molar-refractivity contribution in [3.05, 3.63) is 11.9 Å². The summed E-state index contributed by atoms with van der Waals surface area (Å²) in [6.07, 6.45) is -0.912. The summed E-state index contributed by atoms with van der Waals surface area (Å²) in [5.74, 6) is 0. The van der Waals surface area contributed by atoms with Gasteiger partial charge in [-0.15, -0.1) is 0 Å². The van der Waals surface area contributed by atoms with E-state index in [9.17, 15) is 8.78 Å². The van der Waals surface area contributed by atoms with Gasteiger partial charge in [-0.1, -0.05) is 8.58 Å². The van der Waals surface area contributed by atoms with Crippen LogP contribution in [0.15, 0.2) is 6.20 Å². The lowest BCUT2D eigenvalue weighted by molar-refractivity contribution is 0.142. The number of halogens is 2. The van der Waals surface area contributed by atoms with Crippen molar-refractivity contribution in [1.29, 1.82) is 0 Å². The summed E-state index contributed by atoms with van der Waals surface area (Å²) >= 11 is 0. The van der Waals surface area contributed by atoms with Gasteiger partial charge >= 0.3 is 0 Å². The second-order valence-corrected chi connectivity index (χ2v) is 3.16. The topological polar surface area (TPSA) is 17.8 Å². The molecule has 0 bridgehead atoms. The normalized spacial score (nSPS) is 12.1. The van der Waals surface area contributed by atoms with Gasteiger partial charge < -0.3 is 0 Å². The molecule has 0 aliphatic heterocycles. The van der Waals surface area contributed by atoms with Crippen LogP contribution in [0.1, 0.15) is 12.1 Å². The minimum absolute atomic E-state index is 0.0471. The highest BCUT2D eigenvalue weighted by Crippen LogP contribution is 2.19. The first-order valence-corrected chi connectivity index (χ1v) is 4.64. The zero-order valence-corrected chi connectivity index (χ0v) is 7.31. The Morgan fingerprint density at radius 3 is 2.64 bits per heavy atom. The zero-order chi connectivity index (χ0) is 8.43. The van der Waals surface area contributed by atoms with Crippen LogP contribution in [0.5, 0.6) is 0 Å². The Bertz CT molecular complexity index is 247. The summed E-state index contributed by atoms with van der Waals surface area (Å²) in [6.45, 7) is 1.86. The predicted molar refractivity (Wildman–Crippen MR) is 42.0 cm³/mol. The highest BCUT2D eigenvalue weighted by Gasteiger charge is 2.16. The smallest absolute Gasteiger partial charge is 0.266 e. The van der Waals surface area contributed by atoms with Crippen LogP contribution in [-0.2, 0) is 7.05 Å². The number of hydrogen-bond donors (Lipinski definition) is 0. The Kier molecular flexibility index (Phi) is 2.55. The van der Waals surface area contributed by atoms with Gasteiger partial charge in [-0.05, 0) is 6.66 Å². The first kappa shape index (κ1) is 8.60. The molecule has 0 spiro atoms. The van der Waals surface area contributed by atoms with Crippen molar-refractivity contribution in [3.8, 4) is 0 Å². The summed E-state index contributed by atoms with van der Waals surface area (Å²) in [4.78, 5) is 0. The summed E-state index contributed by atoms with van der Waals surface area (Å²) in [6, 6.07) is 0. The lowest BCUT2D eigenvalue weighted by Gasteiger charge is -2.01. The molecule has 0 amide bonds. The summed E-state index contributed by atoms with van der Waals surface area (Å²) < 4.78 is 25.7. The lowest BCUT2D eigenvalue weighted by atomic mass is 10.4. The van der Waals surface area contributed by atoms with Crippen molar-refractivity contribution in [2.45, 2.75) is 6.43 Å². The Hall–Kier alpha value is -0.500. The largest absolute Gasteiger partial charge is 0.280 e. The molecule has 0 aliphatic rings. The van der Waals surface area contributed by atoms with Gasteiger partial charge in [0.05, 0.1) is 6.20 Å². The van der Waals surface area contributed by atoms with Crippen LogP contribution in [-0.4, -0.2) is 16.4 Å². The number of alkyl halides is 2. The van der Waals surface area contributed by atoms with Crippen LogP contribution in [0.4, 0.5) is 8.78 Å². The maximum atomic E-state index is 12.3. The van der Waals surface area contributed by atoms with Gasteiger partial charge in [-0.25, -0.2) is 8.78 Å². The highest BCUT2D eigenvalue weighted by atomic mass is 31.1. The molecule has 0 radical (unpaired) electrons. The van der Waals surface area contributed by atoms with Crippen molar-refractivity contribution in [2.75, 3.05) is 6.66 Å². The third kappa shape index (κ3) is 1.56. The van der Waals surface area contributed by atoms with E-state index in [1.807, 2.05) is 6.66 Å². The van der Waals surface area contributed by atoms with Gasteiger partial charge in [0, 0.05) is 12.4 Å². The number of aryl methyl sites for hydroxylation is 1. The molecule has 0 saturated carbocycles. The van der Waals surface area contributed by atoms with E-state index >= 15 is 0 Å². The summed E-state index contributed by atoms with van der Waals surface area (Å²) in [5.41, 5.74) is 0.0471. The molecule has 0 N–H and O–H groups in total. The van der Waals surface area contributed by atoms with Gasteiger partial charge in [-0.2, -0.15) is 5.10 Å². The second-order valence-electron chi connectivity index (χ2n) is 2.12. The second kappa shape index (κ2) is 3.26. The Balaban J connectivity index is 3.07. The van der Waals surface area contributed by atoms with Crippen molar-refractivity contribution in [2.24, 2.45) is 7.05 Å². The molecular formula is C6H9F2N2P. The van der Waals surface area contributed by atoms with Gasteiger partial charge in [0.1, 0.15) is 5.69 Å². The van der Waals surface area contributed by atoms with E-state index in [0.29, 0.717) is 13.9 Å². The molecule has 0 aliphatic carbocycles. The first-order chi connectivity index (χ1) is 5.16. The van der Waals surface area contributed by atoms with Crippen molar-refractivity contribution < 1.29 is 8.78 Å². The molecule has 1 unspecified atom stereocenters. The van der Waals surface area contributed by atoms with E-state index in [1.165, 1.54) is 17.9 Å². The molecule has 1 rings (SSSR count). The molecule has 11 heavy (non-hydrogen) atoms. The standard InChI is InChI=1S/C6H9F2N2P/c1-10-5(6(7)8)4(11-2)3-9-10/h3,6,11H,1-2H3. The van der Waals surface area contributed by atoms with Gasteiger partial charge in [0.25, 0.3) is 6.43 Å². The third-order valence-electron chi connectivity index (χ3n) is 1.46. The van der Waals surface area contributed by atoms with E-state index < -0.39 is 6.43 Å². The number of rotatable bonds is 2. The Morgan fingerprint density at radius 1 is 1.64 bits per heavy atom. The molecule has 0 aromatic carbocycles. The predicted octanol–water partition coefficient (Wildman–Crippen LogP) is 1.29. The first-order valence-electron chi connectivity index (χ1n) is 3.14. The summed E-state index contributed by atoms with van der Waals surface area (Å²) in [7, 11) is 1.91. The van der Waals surface area contributed by atoms with Crippen molar-refractivity contribution in [3.63, 3.8) is 0 Å². The molecular weight excluding hydrogens is 169 g/mol. The van der Waals surface area contributed by atoms with Crippen LogP contribution in [0.3, 0.4) is 0 Å².